The third-order valence-electron chi connectivity index (χ3n) is 5.71. The molecule has 3 aromatic rings. The van der Waals surface area contributed by atoms with E-state index in [9.17, 15) is 4.79 Å². The number of hydrogen-bond donors (Lipinski definition) is 0. The van der Waals surface area contributed by atoms with E-state index in [4.69, 9.17) is 9.47 Å². The molecule has 0 amide bonds. The third kappa shape index (κ3) is 4.18. The third-order valence-corrected chi connectivity index (χ3v) is 5.71. The zero-order valence-corrected chi connectivity index (χ0v) is 17.1. The lowest BCUT2D eigenvalue weighted by Gasteiger charge is -2.27. The van der Waals surface area contributed by atoms with Gasteiger partial charge < -0.3 is 14.0 Å². The minimum Gasteiger partial charge on any atom is -0.465 e. The Morgan fingerprint density at radius 2 is 1.93 bits per heavy atom. The number of nitrogens with zero attached hydrogens (tertiary/aromatic N) is 3. The summed E-state index contributed by atoms with van der Waals surface area (Å²) < 4.78 is 12.6. The lowest BCUT2D eigenvalue weighted by molar-refractivity contribution is 0.0365. The van der Waals surface area contributed by atoms with Crippen molar-refractivity contribution in [1.82, 2.24) is 14.5 Å². The predicted molar refractivity (Wildman–Crippen MR) is 112 cm³/mol. The number of rotatable bonds is 6. The Bertz CT molecular complexity index is 989. The maximum atomic E-state index is 11.6. The Morgan fingerprint density at radius 3 is 2.66 bits per heavy atom. The molecule has 0 N–H and O–H groups in total. The second-order valence-electron chi connectivity index (χ2n) is 7.39. The first-order chi connectivity index (χ1) is 14.2. The second-order valence-corrected chi connectivity index (χ2v) is 7.39. The van der Waals surface area contributed by atoms with Crippen LogP contribution >= 0.6 is 0 Å². The van der Waals surface area contributed by atoms with Crippen molar-refractivity contribution in [2.45, 2.75) is 19.9 Å². The van der Waals surface area contributed by atoms with Crippen LogP contribution in [0, 0.1) is 6.92 Å². The minimum atomic E-state index is -0.361. The van der Waals surface area contributed by atoms with Gasteiger partial charge in [-0.1, -0.05) is 18.2 Å². The quantitative estimate of drug-likeness (QED) is 0.603. The fourth-order valence-corrected chi connectivity index (χ4v) is 4.03. The van der Waals surface area contributed by atoms with Gasteiger partial charge in [0.05, 0.1) is 25.9 Å². The van der Waals surface area contributed by atoms with Gasteiger partial charge in [-0.3, -0.25) is 9.88 Å². The largest absolute Gasteiger partial charge is 0.465 e. The molecule has 1 fully saturated rings. The lowest BCUT2D eigenvalue weighted by Crippen LogP contribution is -2.38. The summed E-state index contributed by atoms with van der Waals surface area (Å²) in [5.41, 5.74) is 5.25. The van der Waals surface area contributed by atoms with Gasteiger partial charge in [0.15, 0.2) is 0 Å². The molecule has 0 bridgehead atoms. The Kier molecular flexibility index (Phi) is 5.92. The van der Waals surface area contributed by atoms with Gasteiger partial charge >= 0.3 is 5.97 Å². The predicted octanol–water partition coefficient (Wildman–Crippen LogP) is 3.05. The molecule has 0 unspecified atom stereocenters. The molecule has 0 atom stereocenters. The first-order valence-corrected chi connectivity index (χ1v) is 10.1. The van der Waals surface area contributed by atoms with Gasteiger partial charge in [-0.15, -0.1) is 0 Å². The molecule has 1 aliphatic heterocycles. The molecule has 0 spiro atoms. The van der Waals surface area contributed by atoms with E-state index in [0.29, 0.717) is 5.56 Å². The standard InChI is InChI=1S/C23H27N3O3/c1-17-21(15-19-8-7-18(16-24-19)23(27)28-2)20-5-3-4-6-22(20)26(17)10-9-25-11-13-29-14-12-25/h3-8,16H,9-15H2,1-2H3. The van der Waals surface area contributed by atoms with Gasteiger partial charge in [-0.25, -0.2) is 4.79 Å². The van der Waals surface area contributed by atoms with Gasteiger partial charge in [0, 0.05) is 61.1 Å². The summed E-state index contributed by atoms with van der Waals surface area (Å²) >= 11 is 0. The summed E-state index contributed by atoms with van der Waals surface area (Å²) in [6.07, 6.45) is 2.33. The summed E-state index contributed by atoms with van der Waals surface area (Å²) in [6, 6.07) is 12.3. The summed E-state index contributed by atoms with van der Waals surface area (Å²) in [5.74, 6) is -0.361. The van der Waals surface area contributed by atoms with Crippen LogP contribution in [0.15, 0.2) is 42.6 Å². The van der Waals surface area contributed by atoms with Crippen molar-refractivity contribution in [3.05, 3.63) is 65.1 Å². The van der Waals surface area contributed by atoms with Gasteiger partial charge in [-0.2, -0.15) is 0 Å². The van der Waals surface area contributed by atoms with E-state index < -0.39 is 0 Å². The van der Waals surface area contributed by atoms with Gasteiger partial charge in [0.25, 0.3) is 0 Å². The molecule has 2 aromatic heterocycles. The van der Waals surface area contributed by atoms with E-state index in [1.165, 1.54) is 29.3 Å². The maximum absolute atomic E-state index is 11.6. The van der Waals surface area contributed by atoms with Crippen molar-refractivity contribution in [3.8, 4) is 0 Å². The minimum absolute atomic E-state index is 0.361. The zero-order chi connectivity index (χ0) is 20.2. The van der Waals surface area contributed by atoms with Crippen LogP contribution in [0.5, 0.6) is 0 Å². The Labute approximate surface area is 171 Å². The van der Waals surface area contributed by atoms with Crippen molar-refractivity contribution in [2.24, 2.45) is 0 Å². The molecule has 6 heteroatoms. The van der Waals surface area contributed by atoms with Crippen LogP contribution in [0.25, 0.3) is 10.9 Å². The average molecular weight is 393 g/mol. The smallest absolute Gasteiger partial charge is 0.339 e. The van der Waals surface area contributed by atoms with E-state index in [2.05, 4.69) is 45.6 Å². The number of pyridine rings is 1. The summed E-state index contributed by atoms with van der Waals surface area (Å²) in [6.45, 7) is 7.82. The summed E-state index contributed by atoms with van der Waals surface area (Å²) in [4.78, 5) is 18.6. The first-order valence-electron chi connectivity index (χ1n) is 10.1. The van der Waals surface area contributed by atoms with Crippen LogP contribution in [-0.4, -0.2) is 60.4 Å². The van der Waals surface area contributed by atoms with Crippen LogP contribution in [0.1, 0.15) is 27.3 Å². The Hall–Kier alpha value is -2.70. The number of morpholine rings is 1. The number of fused-ring (bicyclic) bond motifs is 1. The van der Waals surface area contributed by atoms with E-state index in [0.717, 1.165) is 51.5 Å². The number of carbonyl (C=O) groups excluding carboxylic acids is 1. The van der Waals surface area contributed by atoms with E-state index >= 15 is 0 Å². The van der Waals surface area contributed by atoms with Crippen LogP contribution in [0.2, 0.25) is 0 Å². The maximum Gasteiger partial charge on any atom is 0.339 e. The number of aromatic nitrogens is 2. The number of benzene rings is 1. The van der Waals surface area contributed by atoms with Crippen molar-refractivity contribution in [2.75, 3.05) is 40.0 Å². The number of carbonyl (C=O) groups is 1. The highest BCUT2D eigenvalue weighted by Crippen LogP contribution is 2.28. The van der Waals surface area contributed by atoms with Crippen LogP contribution in [-0.2, 0) is 22.4 Å². The van der Waals surface area contributed by atoms with Crippen LogP contribution in [0.3, 0.4) is 0 Å². The van der Waals surface area contributed by atoms with Crippen LogP contribution in [0.4, 0.5) is 0 Å². The first kappa shape index (κ1) is 19.6. The molecule has 1 aromatic carbocycles. The zero-order valence-electron chi connectivity index (χ0n) is 17.1. The fourth-order valence-electron chi connectivity index (χ4n) is 4.03. The Balaban J connectivity index is 1.59. The summed E-state index contributed by atoms with van der Waals surface area (Å²) in [5, 5.41) is 1.27. The number of hydrogen-bond acceptors (Lipinski definition) is 5. The highest BCUT2D eigenvalue weighted by Gasteiger charge is 2.17. The molecule has 3 heterocycles. The average Bonchev–Trinajstić information content (AvgIpc) is 3.04. The Morgan fingerprint density at radius 1 is 1.14 bits per heavy atom. The highest BCUT2D eigenvalue weighted by atomic mass is 16.5. The van der Waals surface area contributed by atoms with Gasteiger partial charge in [-0.05, 0) is 30.7 Å². The fraction of sp³-hybridized carbons (Fsp3) is 0.391. The molecule has 0 saturated carbocycles. The van der Waals surface area contributed by atoms with Crippen molar-refractivity contribution >= 4 is 16.9 Å². The molecule has 152 valence electrons. The molecular weight excluding hydrogens is 366 g/mol. The lowest BCUT2D eigenvalue weighted by atomic mass is 10.1. The van der Waals surface area contributed by atoms with Crippen LogP contribution < -0.4 is 0 Å². The van der Waals surface area contributed by atoms with E-state index in [1.807, 2.05) is 6.07 Å². The molecule has 29 heavy (non-hydrogen) atoms. The number of esters is 1. The molecule has 6 nitrogen and oxygen atoms in total. The molecule has 0 radical (unpaired) electrons. The van der Waals surface area contributed by atoms with Gasteiger partial charge in [0.2, 0.25) is 0 Å². The van der Waals surface area contributed by atoms with Gasteiger partial charge in [0.1, 0.15) is 0 Å². The number of para-hydroxylation sites is 1. The van der Waals surface area contributed by atoms with E-state index in [-0.39, 0.29) is 5.97 Å². The molecule has 1 saturated heterocycles. The second kappa shape index (κ2) is 8.76. The van der Waals surface area contributed by atoms with Crippen molar-refractivity contribution in [1.29, 1.82) is 0 Å². The highest BCUT2D eigenvalue weighted by molar-refractivity contribution is 5.89. The molecular formula is C23H27N3O3. The monoisotopic (exact) mass is 393 g/mol. The molecule has 1 aliphatic rings. The number of methoxy groups -OCH3 is 1. The number of ether oxygens (including phenoxy) is 2. The molecule has 0 aliphatic carbocycles. The van der Waals surface area contributed by atoms with Crippen molar-refractivity contribution in [3.63, 3.8) is 0 Å². The van der Waals surface area contributed by atoms with E-state index in [1.54, 1.807) is 12.3 Å². The normalized spacial score (nSPS) is 15.0. The SMILES string of the molecule is COC(=O)c1ccc(Cc2c(C)n(CCN3CCOCC3)c3ccccc23)nc1. The summed E-state index contributed by atoms with van der Waals surface area (Å²) in [7, 11) is 1.38. The van der Waals surface area contributed by atoms with Crippen molar-refractivity contribution < 1.29 is 14.3 Å². The topological polar surface area (TPSA) is 56.6 Å². The molecule has 4 rings (SSSR count).